The van der Waals surface area contributed by atoms with Crippen LogP contribution in [0.1, 0.15) is 28.7 Å². The number of carbonyl (C=O) groups is 1. The number of fused-ring (bicyclic) bond motifs is 2. The summed E-state index contributed by atoms with van der Waals surface area (Å²) < 4.78 is 16.5. The molecule has 0 unspecified atom stereocenters. The molecule has 2 heterocycles. The summed E-state index contributed by atoms with van der Waals surface area (Å²) in [5.74, 6) is 0.387. The molecule has 0 bridgehead atoms. The number of ether oxygens (including phenoxy) is 1. The molecule has 0 saturated carbocycles. The topological polar surface area (TPSA) is 81.7 Å². The molecule has 1 N–H and O–H groups in total. The van der Waals surface area contributed by atoms with E-state index in [1.165, 1.54) is 0 Å². The Morgan fingerprint density at radius 3 is 2.60 bits per heavy atom. The maximum absolute atomic E-state index is 12.7. The van der Waals surface area contributed by atoms with Crippen LogP contribution in [0.4, 0.5) is 5.69 Å². The molecule has 2 aromatic carbocycles. The number of hydrogen-bond acceptors (Lipinski definition) is 5. The van der Waals surface area contributed by atoms with Gasteiger partial charge in [0.15, 0.2) is 0 Å². The molecule has 6 nitrogen and oxygen atoms in total. The van der Waals surface area contributed by atoms with Crippen LogP contribution in [0, 0.1) is 20.8 Å². The van der Waals surface area contributed by atoms with Crippen molar-refractivity contribution in [2.45, 2.75) is 33.6 Å². The third kappa shape index (κ3) is 3.34. The lowest BCUT2D eigenvalue weighted by Crippen LogP contribution is -2.17. The summed E-state index contributed by atoms with van der Waals surface area (Å²) in [6.07, 6.45) is 2.14. The zero-order valence-electron chi connectivity index (χ0n) is 17.4. The van der Waals surface area contributed by atoms with E-state index in [9.17, 15) is 9.59 Å². The Labute approximate surface area is 173 Å². The Hall–Kier alpha value is -3.54. The van der Waals surface area contributed by atoms with Crippen LogP contribution in [0.5, 0.6) is 5.75 Å². The number of amides is 1. The second kappa shape index (κ2) is 7.71. The largest absolute Gasteiger partial charge is 0.495 e. The molecule has 0 atom stereocenters. The van der Waals surface area contributed by atoms with Gasteiger partial charge in [0.05, 0.1) is 19.1 Å². The van der Waals surface area contributed by atoms with E-state index >= 15 is 0 Å². The summed E-state index contributed by atoms with van der Waals surface area (Å²) >= 11 is 0. The molecule has 2 aromatic heterocycles. The lowest BCUT2D eigenvalue weighted by molar-refractivity contribution is -0.116. The molecule has 1 amide bonds. The van der Waals surface area contributed by atoms with Gasteiger partial charge in [0.1, 0.15) is 16.9 Å². The normalized spacial score (nSPS) is 11.2. The summed E-state index contributed by atoms with van der Waals surface area (Å²) in [5, 5.41) is 4.70. The molecule has 0 radical (unpaired) electrons. The second-order valence-corrected chi connectivity index (χ2v) is 7.42. The minimum absolute atomic E-state index is 0.154. The van der Waals surface area contributed by atoms with E-state index in [1.54, 1.807) is 25.5 Å². The maximum Gasteiger partial charge on any atom is 0.339 e. The van der Waals surface area contributed by atoms with Crippen molar-refractivity contribution in [3.05, 3.63) is 69.3 Å². The standard InChI is InChI=1S/C24H23NO5/c1-13-12-29-22-15(3)23-18(11-17(13)22)14(2)16(24(27)30-23)9-10-21(26)25-19-7-5-6-8-20(19)28-4/h5-8,11-12H,9-10H2,1-4H3,(H,25,26). The maximum atomic E-state index is 12.7. The first kappa shape index (κ1) is 19.8. The first-order chi connectivity index (χ1) is 14.4. The predicted octanol–water partition coefficient (Wildman–Crippen LogP) is 5.04. The Kier molecular flexibility index (Phi) is 5.08. The van der Waals surface area contributed by atoms with Crippen molar-refractivity contribution in [2.24, 2.45) is 0 Å². The van der Waals surface area contributed by atoms with Crippen molar-refractivity contribution in [2.75, 3.05) is 12.4 Å². The average Bonchev–Trinajstić information content (AvgIpc) is 3.10. The SMILES string of the molecule is COc1ccccc1NC(=O)CCc1c(C)c2cc3c(C)coc3c(C)c2oc1=O. The van der Waals surface area contributed by atoms with Crippen LogP contribution in [0.25, 0.3) is 21.9 Å². The predicted molar refractivity (Wildman–Crippen MR) is 116 cm³/mol. The quantitative estimate of drug-likeness (QED) is 0.470. The molecule has 4 aromatic rings. The van der Waals surface area contributed by atoms with Gasteiger partial charge in [0.2, 0.25) is 5.91 Å². The van der Waals surface area contributed by atoms with Crippen LogP contribution in [0.3, 0.4) is 0 Å². The van der Waals surface area contributed by atoms with Gasteiger partial charge in [-0.3, -0.25) is 4.79 Å². The molecule has 0 fully saturated rings. The smallest absolute Gasteiger partial charge is 0.339 e. The monoisotopic (exact) mass is 405 g/mol. The number of benzene rings is 2. The van der Waals surface area contributed by atoms with E-state index in [2.05, 4.69) is 5.32 Å². The van der Waals surface area contributed by atoms with Gasteiger partial charge in [-0.2, -0.15) is 0 Å². The Morgan fingerprint density at radius 2 is 1.83 bits per heavy atom. The van der Waals surface area contributed by atoms with Crippen molar-refractivity contribution < 1.29 is 18.4 Å². The number of hydrogen-bond donors (Lipinski definition) is 1. The van der Waals surface area contributed by atoms with E-state index in [-0.39, 0.29) is 18.7 Å². The van der Waals surface area contributed by atoms with Crippen molar-refractivity contribution in [3.8, 4) is 5.75 Å². The van der Waals surface area contributed by atoms with Gasteiger partial charge in [0.25, 0.3) is 0 Å². The molecule has 0 saturated heterocycles. The fourth-order valence-corrected chi connectivity index (χ4v) is 3.81. The number of anilines is 1. The molecule has 4 rings (SSSR count). The second-order valence-electron chi connectivity index (χ2n) is 7.42. The number of furan rings is 1. The third-order valence-electron chi connectivity index (χ3n) is 5.52. The molecule has 0 aliphatic rings. The van der Waals surface area contributed by atoms with Crippen LogP contribution in [0.2, 0.25) is 0 Å². The Balaban J connectivity index is 1.64. The molecular weight excluding hydrogens is 382 g/mol. The van der Waals surface area contributed by atoms with E-state index in [0.29, 0.717) is 22.6 Å². The minimum atomic E-state index is -0.421. The number of carbonyl (C=O) groups excluding carboxylic acids is 1. The van der Waals surface area contributed by atoms with Crippen LogP contribution in [-0.4, -0.2) is 13.0 Å². The fraction of sp³-hybridized carbons (Fsp3) is 0.250. The molecule has 30 heavy (non-hydrogen) atoms. The summed E-state index contributed by atoms with van der Waals surface area (Å²) in [6.45, 7) is 5.76. The summed E-state index contributed by atoms with van der Waals surface area (Å²) in [6, 6.07) is 9.19. The van der Waals surface area contributed by atoms with Crippen molar-refractivity contribution >= 4 is 33.5 Å². The lowest BCUT2D eigenvalue weighted by atomic mass is 9.98. The first-order valence-corrected chi connectivity index (χ1v) is 9.77. The molecular formula is C24H23NO5. The van der Waals surface area contributed by atoms with Crippen LogP contribution >= 0.6 is 0 Å². The van der Waals surface area contributed by atoms with E-state index < -0.39 is 5.63 Å². The highest BCUT2D eigenvalue weighted by Crippen LogP contribution is 2.32. The van der Waals surface area contributed by atoms with Gasteiger partial charge in [-0.1, -0.05) is 12.1 Å². The van der Waals surface area contributed by atoms with Crippen molar-refractivity contribution in [1.29, 1.82) is 0 Å². The highest BCUT2D eigenvalue weighted by Gasteiger charge is 2.18. The van der Waals surface area contributed by atoms with Crippen LogP contribution in [0.15, 0.2) is 50.2 Å². The van der Waals surface area contributed by atoms with E-state index in [0.717, 1.165) is 33.0 Å². The molecule has 0 spiro atoms. The van der Waals surface area contributed by atoms with Gasteiger partial charge in [-0.05, 0) is 56.5 Å². The number of nitrogens with one attached hydrogen (secondary N) is 1. The van der Waals surface area contributed by atoms with Crippen molar-refractivity contribution in [1.82, 2.24) is 0 Å². The van der Waals surface area contributed by atoms with Crippen LogP contribution in [-0.2, 0) is 11.2 Å². The molecule has 6 heteroatoms. The van der Waals surface area contributed by atoms with Crippen LogP contribution < -0.4 is 15.7 Å². The fourth-order valence-electron chi connectivity index (χ4n) is 3.81. The van der Waals surface area contributed by atoms with Crippen molar-refractivity contribution in [3.63, 3.8) is 0 Å². The Bertz CT molecular complexity index is 1330. The average molecular weight is 405 g/mol. The number of para-hydroxylation sites is 2. The number of methoxy groups -OCH3 is 1. The Morgan fingerprint density at radius 1 is 1.07 bits per heavy atom. The molecule has 0 aliphatic heterocycles. The van der Waals surface area contributed by atoms with E-state index in [1.807, 2.05) is 39.0 Å². The van der Waals surface area contributed by atoms with Gasteiger partial charge < -0.3 is 18.9 Å². The summed E-state index contributed by atoms with van der Waals surface area (Å²) in [5.41, 5.74) is 4.61. The summed E-state index contributed by atoms with van der Waals surface area (Å²) in [4.78, 5) is 25.1. The van der Waals surface area contributed by atoms with E-state index in [4.69, 9.17) is 13.6 Å². The van der Waals surface area contributed by atoms with Gasteiger partial charge in [0, 0.05) is 28.3 Å². The number of rotatable bonds is 5. The minimum Gasteiger partial charge on any atom is -0.495 e. The van der Waals surface area contributed by atoms with Gasteiger partial charge in [-0.25, -0.2) is 4.79 Å². The van der Waals surface area contributed by atoms with Gasteiger partial charge in [-0.15, -0.1) is 0 Å². The van der Waals surface area contributed by atoms with Gasteiger partial charge >= 0.3 is 5.63 Å². The highest BCUT2D eigenvalue weighted by atomic mass is 16.5. The third-order valence-corrected chi connectivity index (χ3v) is 5.52. The number of aryl methyl sites for hydroxylation is 3. The summed E-state index contributed by atoms with van der Waals surface area (Å²) in [7, 11) is 1.55. The molecule has 0 aliphatic carbocycles. The first-order valence-electron chi connectivity index (χ1n) is 9.77. The zero-order chi connectivity index (χ0) is 21.4. The zero-order valence-corrected chi connectivity index (χ0v) is 17.4. The molecule has 154 valence electrons. The lowest BCUT2D eigenvalue weighted by Gasteiger charge is -2.11. The highest BCUT2D eigenvalue weighted by molar-refractivity contribution is 5.99.